The van der Waals surface area contributed by atoms with E-state index in [1.807, 2.05) is 0 Å². The lowest BCUT2D eigenvalue weighted by molar-refractivity contribution is 0.0902. The fourth-order valence-corrected chi connectivity index (χ4v) is 6.61. The number of benzene rings is 3. The number of nitrogens with zero attached hydrogens (tertiary/aromatic N) is 2. The fraction of sp³-hybridized carbons (Fsp3) is 0.364. The summed E-state index contributed by atoms with van der Waals surface area (Å²) in [5, 5.41) is 9.60. The maximum Gasteiger partial charge on any atom is 0.192 e. The second-order valence-corrected chi connectivity index (χ2v) is 16.3. The van der Waals surface area contributed by atoms with E-state index in [1.165, 1.54) is 22.3 Å². The summed E-state index contributed by atoms with van der Waals surface area (Å²) in [4.78, 5) is 2.60. The maximum absolute atomic E-state index is 9.46. The molecule has 1 aliphatic rings. The van der Waals surface area contributed by atoms with Gasteiger partial charge < -0.3 is 4.43 Å². The van der Waals surface area contributed by atoms with Crippen LogP contribution in [0.1, 0.15) is 50.3 Å². The molecule has 1 unspecified atom stereocenters. The van der Waals surface area contributed by atoms with Gasteiger partial charge in [-0.15, -0.1) is 0 Å². The van der Waals surface area contributed by atoms with Crippen LogP contribution in [-0.4, -0.2) is 32.4 Å². The first-order chi connectivity index (χ1) is 17.7. The van der Waals surface area contributed by atoms with E-state index in [9.17, 15) is 5.26 Å². The summed E-state index contributed by atoms with van der Waals surface area (Å²) in [6.45, 7) is 13.2. The van der Waals surface area contributed by atoms with Crippen LogP contribution in [0.3, 0.4) is 0 Å². The molecule has 0 spiro atoms. The average Bonchev–Trinajstić information content (AvgIpc) is 2.90. The standard InChI is InChI=1S/C33H40N2OSi/c1-32(2,3)37(4,5)36-31-23-25-35(26-27(31)16-15-24-34)33(28-17-9-6-10-18-28,29-19-11-7-12-20-29)30-21-13-8-14-22-30/h6-14,16-22,31H,15,23,25-26H2,1-5H3. The fourth-order valence-electron chi connectivity index (χ4n) is 5.27. The second-order valence-electron chi connectivity index (χ2n) is 11.5. The van der Waals surface area contributed by atoms with Gasteiger partial charge in [0.05, 0.1) is 24.1 Å². The minimum absolute atomic E-state index is 0.0468. The summed E-state index contributed by atoms with van der Waals surface area (Å²) in [6, 6.07) is 34.9. The predicted octanol–water partition coefficient (Wildman–Crippen LogP) is 7.91. The molecule has 0 amide bonds. The molecule has 1 fully saturated rings. The molecular formula is C33H40N2OSi. The van der Waals surface area contributed by atoms with Crippen molar-refractivity contribution in [2.45, 2.75) is 63.4 Å². The molecule has 0 aliphatic carbocycles. The van der Waals surface area contributed by atoms with Gasteiger partial charge in [0.25, 0.3) is 0 Å². The van der Waals surface area contributed by atoms with Crippen molar-refractivity contribution in [1.29, 1.82) is 5.26 Å². The second kappa shape index (κ2) is 11.2. The minimum atomic E-state index is -1.98. The highest BCUT2D eigenvalue weighted by Crippen LogP contribution is 2.45. The summed E-state index contributed by atoms with van der Waals surface area (Å²) < 4.78 is 6.97. The van der Waals surface area contributed by atoms with E-state index in [4.69, 9.17) is 4.43 Å². The Morgan fingerprint density at radius 1 is 0.865 bits per heavy atom. The van der Waals surface area contributed by atoms with Crippen LogP contribution in [0.5, 0.6) is 0 Å². The molecule has 0 bridgehead atoms. The normalized spacial score (nSPS) is 18.5. The van der Waals surface area contributed by atoms with Gasteiger partial charge in [-0.3, -0.25) is 4.90 Å². The van der Waals surface area contributed by atoms with Crippen LogP contribution < -0.4 is 0 Å². The van der Waals surface area contributed by atoms with Gasteiger partial charge in [-0.25, -0.2) is 0 Å². The Bertz CT molecular complexity index is 1130. The van der Waals surface area contributed by atoms with Crippen molar-refractivity contribution < 1.29 is 4.43 Å². The van der Waals surface area contributed by atoms with Crippen LogP contribution in [0, 0.1) is 11.3 Å². The molecule has 0 saturated carbocycles. The molecule has 3 aromatic rings. The highest BCUT2D eigenvalue weighted by molar-refractivity contribution is 6.74. The molecular weight excluding hydrogens is 468 g/mol. The lowest BCUT2D eigenvalue weighted by Gasteiger charge is -2.50. The maximum atomic E-state index is 9.46. The molecule has 1 heterocycles. The summed E-state index contributed by atoms with van der Waals surface area (Å²) in [5.41, 5.74) is 4.50. The number of piperidine rings is 1. The van der Waals surface area contributed by atoms with E-state index < -0.39 is 13.9 Å². The molecule has 1 saturated heterocycles. The molecule has 4 rings (SSSR count). The van der Waals surface area contributed by atoms with Crippen LogP contribution in [0.4, 0.5) is 0 Å². The Balaban J connectivity index is 1.85. The van der Waals surface area contributed by atoms with Gasteiger partial charge in [-0.1, -0.05) is 118 Å². The van der Waals surface area contributed by atoms with Crippen LogP contribution in [0.15, 0.2) is 103 Å². The van der Waals surface area contributed by atoms with Crippen LogP contribution in [0.25, 0.3) is 0 Å². The number of hydrogen-bond donors (Lipinski definition) is 0. The molecule has 1 atom stereocenters. The van der Waals surface area contributed by atoms with Crippen molar-refractivity contribution >= 4 is 8.32 Å². The van der Waals surface area contributed by atoms with Gasteiger partial charge in [0, 0.05) is 13.1 Å². The van der Waals surface area contributed by atoms with Crippen LogP contribution in [-0.2, 0) is 9.96 Å². The van der Waals surface area contributed by atoms with Gasteiger partial charge in [-0.2, -0.15) is 5.26 Å². The Kier molecular flexibility index (Phi) is 8.19. The van der Waals surface area contributed by atoms with Crippen molar-refractivity contribution in [2.24, 2.45) is 0 Å². The van der Waals surface area contributed by atoms with Crippen molar-refractivity contribution in [3.8, 4) is 6.07 Å². The first kappa shape index (κ1) is 27.1. The largest absolute Gasteiger partial charge is 0.410 e. The number of nitriles is 1. The quantitative estimate of drug-likeness (QED) is 0.185. The SMILES string of the molecule is CC(C)(C)[Si](C)(C)OC1CCN(C(c2ccccc2)(c2ccccc2)c2ccccc2)CC1=CCC#N. The number of rotatable bonds is 7. The Labute approximate surface area is 224 Å². The first-order valence-electron chi connectivity index (χ1n) is 13.4. The molecule has 0 N–H and O–H groups in total. The highest BCUT2D eigenvalue weighted by atomic mass is 28.4. The minimum Gasteiger partial charge on any atom is -0.410 e. The van der Waals surface area contributed by atoms with Gasteiger partial charge in [0.15, 0.2) is 8.32 Å². The van der Waals surface area contributed by atoms with E-state index in [-0.39, 0.29) is 11.1 Å². The molecule has 1 aliphatic heterocycles. The lowest BCUT2D eigenvalue weighted by atomic mass is 9.74. The molecule has 3 aromatic carbocycles. The van der Waals surface area contributed by atoms with Gasteiger partial charge in [0.2, 0.25) is 0 Å². The predicted molar refractivity (Wildman–Crippen MR) is 156 cm³/mol. The number of hydrogen-bond acceptors (Lipinski definition) is 3. The Morgan fingerprint density at radius 2 is 1.32 bits per heavy atom. The van der Waals surface area contributed by atoms with E-state index in [0.29, 0.717) is 6.42 Å². The van der Waals surface area contributed by atoms with E-state index >= 15 is 0 Å². The molecule has 192 valence electrons. The third-order valence-corrected chi connectivity index (χ3v) is 12.7. The Hall–Kier alpha value is -2.97. The molecule has 4 heteroatoms. The van der Waals surface area contributed by atoms with Gasteiger partial charge in [-0.05, 0) is 46.8 Å². The highest BCUT2D eigenvalue weighted by Gasteiger charge is 2.46. The molecule has 3 nitrogen and oxygen atoms in total. The average molecular weight is 509 g/mol. The van der Waals surface area contributed by atoms with E-state index in [0.717, 1.165) is 19.5 Å². The van der Waals surface area contributed by atoms with E-state index in [2.05, 4.69) is 142 Å². The lowest BCUT2D eigenvalue weighted by Crippen LogP contribution is -2.55. The zero-order valence-electron chi connectivity index (χ0n) is 22.9. The van der Waals surface area contributed by atoms with Crippen molar-refractivity contribution in [1.82, 2.24) is 4.90 Å². The van der Waals surface area contributed by atoms with Crippen molar-refractivity contribution in [2.75, 3.05) is 13.1 Å². The summed E-state index contributed by atoms with van der Waals surface area (Å²) in [6.07, 6.45) is 3.47. The Morgan fingerprint density at radius 3 is 1.73 bits per heavy atom. The zero-order chi connectivity index (χ0) is 26.5. The van der Waals surface area contributed by atoms with Crippen molar-refractivity contribution in [3.05, 3.63) is 119 Å². The van der Waals surface area contributed by atoms with Gasteiger partial charge >= 0.3 is 0 Å². The number of allylic oxidation sites excluding steroid dienone is 1. The molecule has 37 heavy (non-hydrogen) atoms. The summed E-state index contributed by atoms with van der Waals surface area (Å²) >= 11 is 0. The van der Waals surface area contributed by atoms with Gasteiger partial charge in [0.1, 0.15) is 0 Å². The first-order valence-corrected chi connectivity index (χ1v) is 16.3. The molecule has 0 radical (unpaired) electrons. The summed E-state index contributed by atoms with van der Waals surface area (Å²) in [7, 11) is -1.98. The van der Waals surface area contributed by atoms with Crippen LogP contribution in [0.2, 0.25) is 18.1 Å². The zero-order valence-corrected chi connectivity index (χ0v) is 23.9. The van der Waals surface area contributed by atoms with Crippen molar-refractivity contribution in [3.63, 3.8) is 0 Å². The van der Waals surface area contributed by atoms with E-state index in [1.54, 1.807) is 0 Å². The third kappa shape index (κ3) is 5.50. The molecule has 0 aromatic heterocycles. The summed E-state index contributed by atoms with van der Waals surface area (Å²) in [5.74, 6) is 0. The smallest absolute Gasteiger partial charge is 0.192 e. The monoisotopic (exact) mass is 508 g/mol. The van der Waals surface area contributed by atoms with Crippen LogP contribution >= 0.6 is 0 Å². The third-order valence-electron chi connectivity index (χ3n) is 8.20. The topological polar surface area (TPSA) is 36.3 Å². The number of likely N-dealkylation sites (tertiary alicyclic amines) is 1.